The molecule has 6 heteroatoms. The summed E-state index contributed by atoms with van der Waals surface area (Å²) in [7, 11) is 0. The van der Waals surface area contributed by atoms with Crippen LogP contribution < -0.4 is 5.76 Å². The van der Waals surface area contributed by atoms with E-state index in [-0.39, 0.29) is 17.4 Å². The quantitative estimate of drug-likeness (QED) is 0.693. The Labute approximate surface area is 129 Å². The molecular weight excluding hydrogens is 309 g/mol. The maximum atomic E-state index is 13.9. The number of oxazole rings is 1. The van der Waals surface area contributed by atoms with Crippen LogP contribution in [0.4, 0.5) is 4.39 Å². The van der Waals surface area contributed by atoms with Crippen molar-refractivity contribution in [2.75, 3.05) is 0 Å². The second kappa shape index (κ2) is 5.42. The van der Waals surface area contributed by atoms with E-state index in [0.29, 0.717) is 22.2 Å². The number of halogens is 2. The zero-order valence-corrected chi connectivity index (χ0v) is 12.4. The van der Waals surface area contributed by atoms with Crippen LogP contribution in [0.5, 0.6) is 0 Å². The average Bonchev–Trinajstić information content (AvgIpc) is 2.77. The molecule has 22 heavy (non-hydrogen) atoms. The first kappa shape index (κ1) is 14.5. The molecule has 0 radical (unpaired) electrons. The lowest BCUT2D eigenvalue weighted by atomic mass is 10.1. The number of Topliss-reactive ketones (excluding diaryl/α,β-unsaturated/α-hetero) is 1. The van der Waals surface area contributed by atoms with Gasteiger partial charge in [0.15, 0.2) is 11.4 Å². The minimum atomic E-state index is -0.606. The molecule has 3 rings (SSSR count). The van der Waals surface area contributed by atoms with Crippen molar-refractivity contribution >= 4 is 28.5 Å². The Morgan fingerprint density at radius 3 is 2.73 bits per heavy atom. The summed E-state index contributed by atoms with van der Waals surface area (Å²) >= 11 is 5.71. The molecule has 0 fully saturated rings. The van der Waals surface area contributed by atoms with Crippen LogP contribution >= 0.6 is 11.6 Å². The van der Waals surface area contributed by atoms with Crippen LogP contribution in [0, 0.1) is 5.82 Å². The van der Waals surface area contributed by atoms with Gasteiger partial charge in [-0.05, 0) is 37.3 Å². The Hall–Kier alpha value is -2.40. The first-order chi connectivity index (χ1) is 10.5. The van der Waals surface area contributed by atoms with E-state index in [1.54, 1.807) is 18.2 Å². The molecule has 2 aromatic carbocycles. The third-order valence-corrected chi connectivity index (χ3v) is 3.65. The number of hydrogen-bond acceptors (Lipinski definition) is 3. The number of aromatic nitrogens is 1. The highest BCUT2D eigenvalue weighted by Crippen LogP contribution is 2.19. The largest absolute Gasteiger partial charge is 0.420 e. The molecule has 1 aromatic heterocycles. The fourth-order valence-electron chi connectivity index (χ4n) is 2.26. The van der Waals surface area contributed by atoms with E-state index in [1.807, 2.05) is 0 Å². The molecule has 112 valence electrons. The topological polar surface area (TPSA) is 52.2 Å². The van der Waals surface area contributed by atoms with Crippen molar-refractivity contribution < 1.29 is 13.6 Å². The molecule has 0 aliphatic rings. The van der Waals surface area contributed by atoms with Gasteiger partial charge in [-0.25, -0.2) is 9.18 Å². The maximum absolute atomic E-state index is 13.9. The molecule has 0 saturated heterocycles. The van der Waals surface area contributed by atoms with E-state index in [9.17, 15) is 14.0 Å². The highest BCUT2D eigenvalue weighted by atomic mass is 35.5. The van der Waals surface area contributed by atoms with Gasteiger partial charge in [0.05, 0.1) is 12.1 Å². The van der Waals surface area contributed by atoms with Crippen LogP contribution in [0.1, 0.15) is 22.8 Å². The molecule has 0 atom stereocenters. The first-order valence-corrected chi connectivity index (χ1v) is 6.92. The van der Waals surface area contributed by atoms with Gasteiger partial charge < -0.3 is 4.42 Å². The molecule has 3 aromatic rings. The highest BCUT2D eigenvalue weighted by molar-refractivity contribution is 6.30. The molecule has 0 spiro atoms. The Morgan fingerprint density at radius 2 is 2.05 bits per heavy atom. The molecule has 0 N–H and O–H groups in total. The highest BCUT2D eigenvalue weighted by Gasteiger charge is 2.13. The molecule has 0 amide bonds. The van der Waals surface area contributed by atoms with Crippen molar-refractivity contribution in [3.05, 3.63) is 68.9 Å². The van der Waals surface area contributed by atoms with Gasteiger partial charge in [0.1, 0.15) is 5.82 Å². The number of nitrogens with zero attached hydrogens (tertiary/aromatic N) is 1. The van der Waals surface area contributed by atoms with Crippen molar-refractivity contribution in [1.29, 1.82) is 0 Å². The molecule has 1 heterocycles. The number of hydrogen-bond donors (Lipinski definition) is 0. The summed E-state index contributed by atoms with van der Waals surface area (Å²) in [5.74, 6) is -1.22. The van der Waals surface area contributed by atoms with Gasteiger partial charge in [-0.2, -0.15) is 0 Å². The van der Waals surface area contributed by atoms with Crippen molar-refractivity contribution in [2.45, 2.75) is 13.5 Å². The summed E-state index contributed by atoms with van der Waals surface area (Å²) in [6.45, 7) is 1.45. The predicted octanol–water partition coefficient (Wildman–Crippen LogP) is 3.64. The number of ketones is 1. The maximum Gasteiger partial charge on any atom is 0.420 e. The van der Waals surface area contributed by atoms with Gasteiger partial charge in [-0.15, -0.1) is 0 Å². The summed E-state index contributed by atoms with van der Waals surface area (Å²) in [6, 6.07) is 9.00. The molecule has 4 nitrogen and oxygen atoms in total. The fourth-order valence-corrected chi connectivity index (χ4v) is 2.41. The molecule has 0 bridgehead atoms. The molecular formula is C16H11ClFNO3. The standard InChI is InChI=1S/C16H11ClFNO3/c1-9(20)10-3-5-14-15(6-10)22-16(21)19(14)8-11-2-4-12(17)7-13(11)18/h2-7H,8H2,1H3. The van der Waals surface area contributed by atoms with Gasteiger partial charge >= 0.3 is 5.76 Å². The van der Waals surface area contributed by atoms with Crippen LogP contribution in [-0.4, -0.2) is 10.4 Å². The Morgan fingerprint density at radius 1 is 1.27 bits per heavy atom. The minimum absolute atomic E-state index is 0.0221. The van der Waals surface area contributed by atoms with Crippen LogP contribution in [0.3, 0.4) is 0 Å². The number of fused-ring (bicyclic) bond motifs is 1. The van der Waals surface area contributed by atoms with Crippen molar-refractivity contribution in [2.24, 2.45) is 0 Å². The van der Waals surface area contributed by atoms with E-state index in [4.69, 9.17) is 16.0 Å². The summed E-state index contributed by atoms with van der Waals surface area (Å²) in [4.78, 5) is 23.3. The molecule has 0 aliphatic heterocycles. The van der Waals surface area contributed by atoms with E-state index in [2.05, 4.69) is 0 Å². The van der Waals surface area contributed by atoms with E-state index >= 15 is 0 Å². The third kappa shape index (κ3) is 2.55. The van der Waals surface area contributed by atoms with Gasteiger partial charge in [0, 0.05) is 16.1 Å². The summed E-state index contributed by atoms with van der Waals surface area (Å²) < 4.78 is 20.3. The average molecular weight is 320 g/mol. The van der Waals surface area contributed by atoms with Crippen LogP contribution in [0.15, 0.2) is 45.6 Å². The number of carbonyl (C=O) groups excluding carboxylic acids is 1. The van der Waals surface area contributed by atoms with E-state index < -0.39 is 11.6 Å². The number of benzene rings is 2. The molecule has 0 unspecified atom stereocenters. The zero-order valence-electron chi connectivity index (χ0n) is 11.6. The predicted molar refractivity (Wildman–Crippen MR) is 81.0 cm³/mol. The second-order valence-electron chi connectivity index (χ2n) is 4.93. The van der Waals surface area contributed by atoms with E-state index in [1.165, 1.54) is 29.7 Å². The van der Waals surface area contributed by atoms with Gasteiger partial charge in [0.2, 0.25) is 0 Å². The van der Waals surface area contributed by atoms with Crippen LogP contribution in [-0.2, 0) is 6.54 Å². The first-order valence-electron chi connectivity index (χ1n) is 6.54. The monoisotopic (exact) mass is 319 g/mol. The lowest BCUT2D eigenvalue weighted by molar-refractivity contribution is 0.101. The summed E-state index contributed by atoms with van der Waals surface area (Å²) in [5, 5.41) is 0.289. The van der Waals surface area contributed by atoms with Crippen molar-refractivity contribution in [3.8, 4) is 0 Å². The Bertz CT molecular complexity index is 942. The Balaban J connectivity index is 2.09. The van der Waals surface area contributed by atoms with Crippen LogP contribution in [0.2, 0.25) is 5.02 Å². The molecule has 0 saturated carbocycles. The van der Waals surface area contributed by atoms with Crippen molar-refractivity contribution in [1.82, 2.24) is 4.57 Å². The molecule has 0 aliphatic carbocycles. The van der Waals surface area contributed by atoms with E-state index in [0.717, 1.165) is 0 Å². The number of carbonyl (C=O) groups is 1. The fraction of sp³-hybridized carbons (Fsp3) is 0.125. The lowest BCUT2D eigenvalue weighted by Crippen LogP contribution is -2.15. The lowest BCUT2D eigenvalue weighted by Gasteiger charge is -2.05. The summed E-state index contributed by atoms with van der Waals surface area (Å²) in [5.41, 5.74) is 1.58. The normalized spacial score (nSPS) is 11.0. The SMILES string of the molecule is CC(=O)c1ccc2c(c1)oc(=O)n2Cc1ccc(Cl)cc1F. The smallest absolute Gasteiger partial charge is 0.408 e. The Kier molecular flexibility index (Phi) is 3.58. The zero-order chi connectivity index (χ0) is 15.9. The number of rotatable bonds is 3. The second-order valence-corrected chi connectivity index (χ2v) is 5.36. The third-order valence-electron chi connectivity index (χ3n) is 3.42. The van der Waals surface area contributed by atoms with Crippen molar-refractivity contribution in [3.63, 3.8) is 0 Å². The summed E-state index contributed by atoms with van der Waals surface area (Å²) in [6.07, 6.45) is 0. The van der Waals surface area contributed by atoms with Gasteiger partial charge in [-0.1, -0.05) is 17.7 Å². The van der Waals surface area contributed by atoms with Gasteiger partial charge in [0.25, 0.3) is 0 Å². The van der Waals surface area contributed by atoms with Gasteiger partial charge in [-0.3, -0.25) is 9.36 Å². The van der Waals surface area contributed by atoms with Crippen LogP contribution in [0.25, 0.3) is 11.1 Å². The minimum Gasteiger partial charge on any atom is -0.408 e.